The Hall–Kier alpha value is -0.990. The van der Waals surface area contributed by atoms with Gasteiger partial charge in [0.25, 0.3) is 0 Å². The van der Waals surface area contributed by atoms with Crippen LogP contribution in [-0.2, 0) is 0 Å². The third-order valence-corrected chi connectivity index (χ3v) is 2.50. The number of hydrogen-bond donors (Lipinski definition) is 3. The van der Waals surface area contributed by atoms with E-state index in [1.165, 1.54) is 5.57 Å². The molecule has 14 heavy (non-hydrogen) atoms. The van der Waals surface area contributed by atoms with E-state index in [9.17, 15) is 0 Å². The molecular formula is C11H23N3. The average molecular weight is 197 g/mol. The average Bonchev–Trinajstić information content (AvgIpc) is 2.10. The van der Waals surface area contributed by atoms with E-state index in [0.29, 0.717) is 11.8 Å². The van der Waals surface area contributed by atoms with Gasteiger partial charge in [-0.1, -0.05) is 32.9 Å². The van der Waals surface area contributed by atoms with E-state index >= 15 is 0 Å². The predicted molar refractivity (Wildman–Crippen MR) is 62.3 cm³/mol. The standard InChI is InChI=1S/C11H23N3/c1-8(2)10(4)9(3)6-5-7-14-11(12)13/h8-9H,4-7H2,1-3H3,(H4,12,13,14). The fourth-order valence-electron chi connectivity index (χ4n) is 1.39. The smallest absolute Gasteiger partial charge is 0.185 e. The maximum atomic E-state index is 6.98. The first-order chi connectivity index (χ1) is 6.45. The lowest BCUT2D eigenvalue weighted by Crippen LogP contribution is -2.31. The Balaban J connectivity index is 3.59. The number of nitrogens with one attached hydrogen (secondary N) is 2. The number of hydrogen-bond acceptors (Lipinski definition) is 1. The van der Waals surface area contributed by atoms with Crippen LogP contribution in [0.3, 0.4) is 0 Å². The molecule has 1 atom stereocenters. The molecule has 3 nitrogen and oxygen atoms in total. The highest BCUT2D eigenvalue weighted by Crippen LogP contribution is 2.21. The van der Waals surface area contributed by atoms with Crippen LogP contribution in [0.4, 0.5) is 0 Å². The molecule has 0 saturated heterocycles. The van der Waals surface area contributed by atoms with Gasteiger partial charge in [-0.15, -0.1) is 0 Å². The minimum atomic E-state index is 0.0559. The van der Waals surface area contributed by atoms with Crippen molar-refractivity contribution < 1.29 is 0 Å². The van der Waals surface area contributed by atoms with Crippen LogP contribution in [0.25, 0.3) is 0 Å². The fourth-order valence-corrected chi connectivity index (χ4v) is 1.39. The number of guanidine groups is 1. The monoisotopic (exact) mass is 197 g/mol. The van der Waals surface area contributed by atoms with Crippen LogP contribution >= 0.6 is 0 Å². The van der Waals surface area contributed by atoms with E-state index in [-0.39, 0.29) is 5.96 Å². The van der Waals surface area contributed by atoms with Crippen LogP contribution in [0.1, 0.15) is 33.6 Å². The van der Waals surface area contributed by atoms with Gasteiger partial charge in [0.1, 0.15) is 0 Å². The van der Waals surface area contributed by atoms with Crippen LogP contribution < -0.4 is 11.1 Å². The minimum absolute atomic E-state index is 0.0559. The minimum Gasteiger partial charge on any atom is -0.370 e. The molecule has 0 rings (SSSR count). The van der Waals surface area contributed by atoms with E-state index in [2.05, 4.69) is 32.7 Å². The molecule has 0 aromatic carbocycles. The van der Waals surface area contributed by atoms with Gasteiger partial charge in [0.05, 0.1) is 0 Å². The van der Waals surface area contributed by atoms with Crippen LogP contribution in [-0.4, -0.2) is 12.5 Å². The highest BCUT2D eigenvalue weighted by atomic mass is 15.0. The molecule has 1 unspecified atom stereocenters. The van der Waals surface area contributed by atoms with Crippen molar-refractivity contribution in [3.8, 4) is 0 Å². The van der Waals surface area contributed by atoms with Crippen molar-refractivity contribution in [1.29, 1.82) is 5.41 Å². The first kappa shape index (κ1) is 13.0. The highest BCUT2D eigenvalue weighted by Gasteiger charge is 2.09. The summed E-state index contributed by atoms with van der Waals surface area (Å²) in [5.41, 5.74) is 6.48. The number of nitrogens with two attached hydrogens (primary N) is 1. The lowest BCUT2D eigenvalue weighted by molar-refractivity contribution is 0.524. The van der Waals surface area contributed by atoms with E-state index in [0.717, 1.165) is 19.4 Å². The summed E-state index contributed by atoms with van der Waals surface area (Å²) in [7, 11) is 0. The summed E-state index contributed by atoms with van der Waals surface area (Å²) >= 11 is 0. The van der Waals surface area contributed by atoms with Crippen molar-refractivity contribution >= 4 is 5.96 Å². The second-order valence-electron chi connectivity index (χ2n) is 4.11. The predicted octanol–water partition coefficient (Wildman–Crippen LogP) is 2.10. The molecule has 0 spiro atoms. The van der Waals surface area contributed by atoms with Gasteiger partial charge >= 0.3 is 0 Å². The Bertz CT molecular complexity index is 197. The second kappa shape index (κ2) is 6.46. The largest absolute Gasteiger partial charge is 0.370 e. The van der Waals surface area contributed by atoms with Gasteiger partial charge in [-0.05, 0) is 24.7 Å². The van der Waals surface area contributed by atoms with Gasteiger partial charge < -0.3 is 11.1 Å². The topological polar surface area (TPSA) is 61.9 Å². The summed E-state index contributed by atoms with van der Waals surface area (Å²) in [5.74, 6) is 1.18. The quantitative estimate of drug-likeness (QED) is 0.264. The summed E-state index contributed by atoms with van der Waals surface area (Å²) in [6.45, 7) is 11.4. The van der Waals surface area contributed by atoms with Gasteiger partial charge in [0.2, 0.25) is 0 Å². The lowest BCUT2D eigenvalue weighted by Gasteiger charge is -2.17. The van der Waals surface area contributed by atoms with Gasteiger partial charge in [-0.3, -0.25) is 5.41 Å². The molecule has 0 aliphatic heterocycles. The normalized spacial score (nSPS) is 12.6. The van der Waals surface area contributed by atoms with Crippen molar-refractivity contribution in [2.24, 2.45) is 17.6 Å². The van der Waals surface area contributed by atoms with E-state index < -0.39 is 0 Å². The molecule has 82 valence electrons. The van der Waals surface area contributed by atoms with E-state index in [4.69, 9.17) is 11.1 Å². The number of rotatable bonds is 6. The summed E-state index contributed by atoms with van der Waals surface area (Å²) < 4.78 is 0. The zero-order chi connectivity index (χ0) is 11.1. The Labute approximate surface area is 87.3 Å². The van der Waals surface area contributed by atoms with Crippen molar-refractivity contribution in [3.63, 3.8) is 0 Å². The molecule has 0 aliphatic rings. The molecule has 0 amide bonds. The molecule has 0 aliphatic carbocycles. The Morgan fingerprint density at radius 1 is 1.43 bits per heavy atom. The second-order valence-corrected chi connectivity index (χ2v) is 4.11. The molecule has 0 aromatic heterocycles. The molecule has 0 saturated carbocycles. The Morgan fingerprint density at radius 2 is 2.00 bits per heavy atom. The van der Waals surface area contributed by atoms with Crippen LogP contribution in [0.5, 0.6) is 0 Å². The third kappa shape index (κ3) is 5.62. The third-order valence-electron chi connectivity index (χ3n) is 2.50. The van der Waals surface area contributed by atoms with Crippen molar-refractivity contribution in [3.05, 3.63) is 12.2 Å². The highest BCUT2D eigenvalue weighted by molar-refractivity contribution is 5.74. The summed E-state index contributed by atoms with van der Waals surface area (Å²) in [5, 5.41) is 9.78. The maximum absolute atomic E-state index is 6.98. The van der Waals surface area contributed by atoms with Crippen molar-refractivity contribution in [2.45, 2.75) is 33.6 Å². The number of allylic oxidation sites excluding steroid dienone is 1. The Kier molecular flexibility index (Phi) is 6.00. The molecule has 0 bridgehead atoms. The summed E-state index contributed by atoms with van der Waals surface area (Å²) in [6.07, 6.45) is 2.14. The molecule has 0 radical (unpaired) electrons. The molecule has 0 aromatic rings. The lowest BCUT2D eigenvalue weighted by atomic mass is 9.89. The molecule has 0 fully saturated rings. The first-order valence-corrected chi connectivity index (χ1v) is 5.21. The zero-order valence-corrected chi connectivity index (χ0v) is 9.56. The van der Waals surface area contributed by atoms with Crippen LogP contribution in [0, 0.1) is 17.2 Å². The van der Waals surface area contributed by atoms with Gasteiger partial charge in [0, 0.05) is 6.54 Å². The van der Waals surface area contributed by atoms with Crippen molar-refractivity contribution in [2.75, 3.05) is 6.54 Å². The van der Waals surface area contributed by atoms with E-state index in [1.807, 2.05) is 0 Å². The van der Waals surface area contributed by atoms with Gasteiger partial charge in [0.15, 0.2) is 5.96 Å². The molecule has 3 heteroatoms. The summed E-state index contributed by atoms with van der Waals surface area (Å²) in [6, 6.07) is 0. The SMILES string of the molecule is C=C(C(C)C)C(C)CCCNC(=N)N. The maximum Gasteiger partial charge on any atom is 0.185 e. The molecular weight excluding hydrogens is 174 g/mol. The molecule has 4 N–H and O–H groups in total. The van der Waals surface area contributed by atoms with Crippen LogP contribution in [0.2, 0.25) is 0 Å². The van der Waals surface area contributed by atoms with Gasteiger partial charge in [-0.2, -0.15) is 0 Å². The van der Waals surface area contributed by atoms with Gasteiger partial charge in [-0.25, -0.2) is 0 Å². The van der Waals surface area contributed by atoms with Crippen molar-refractivity contribution in [1.82, 2.24) is 5.32 Å². The van der Waals surface area contributed by atoms with Crippen LogP contribution in [0.15, 0.2) is 12.2 Å². The fraction of sp³-hybridized carbons (Fsp3) is 0.727. The summed E-state index contributed by atoms with van der Waals surface area (Å²) in [4.78, 5) is 0. The Morgan fingerprint density at radius 3 is 2.43 bits per heavy atom. The zero-order valence-electron chi connectivity index (χ0n) is 9.56. The van der Waals surface area contributed by atoms with E-state index in [1.54, 1.807) is 0 Å². The molecule has 0 heterocycles. The first-order valence-electron chi connectivity index (χ1n) is 5.21.